The van der Waals surface area contributed by atoms with Crippen LogP contribution in [0.2, 0.25) is 5.02 Å². The van der Waals surface area contributed by atoms with Crippen LogP contribution in [0.4, 0.5) is 5.69 Å². The van der Waals surface area contributed by atoms with Gasteiger partial charge in [0.25, 0.3) is 5.91 Å². The smallest absolute Gasteiger partial charge is 0.278 e. The summed E-state index contributed by atoms with van der Waals surface area (Å²) in [6.07, 6.45) is 1.99. The highest BCUT2D eigenvalue weighted by atomic mass is 35.5. The average Bonchev–Trinajstić information content (AvgIpc) is 3.21. The Bertz CT molecular complexity index is 1090. The molecule has 0 spiro atoms. The number of carbonyl (C=O) groups excluding carboxylic acids is 1. The first-order valence-corrected chi connectivity index (χ1v) is 9.21. The molecule has 4 rings (SSSR count). The Morgan fingerprint density at radius 1 is 0.929 bits per heavy atom. The van der Waals surface area contributed by atoms with Gasteiger partial charge in [-0.2, -0.15) is 0 Å². The van der Waals surface area contributed by atoms with Crippen molar-refractivity contribution in [1.82, 2.24) is 4.98 Å². The maximum absolute atomic E-state index is 12.9. The van der Waals surface area contributed by atoms with Gasteiger partial charge in [0.15, 0.2) is 17.8 Å². The van der Waals surface area contributed by atoms with Gasteiger partial charge in [-0.1, -0.05) is 60.1 Å². The number of amides is 1. The van der Waals surface area contributed by atoms with Crippen molar-refractivity contribution in [3.05, 3.63) is 107 Å². The van der Waals surface area contributed by atoms with Gasteiger partial charge in [0.2, 0.25) is 0 Å². The van der Waals surface area contributed by atoms with Crippen molar-refractivity contribution >= 4 is 23.2 Å². The van der Waals surface area contributed by atoms with Crippen LogP contribution in [0.3, 0.4) is 0 Å². The molecular weight excluding hydrogens is 372 g/mol. The summed E-state index contributed by atoms with van der Waals surface area (Å²) in [7, 11) is 0. The van der Waals surface area contributed by atoms with Gasteiger partial charge >= 0.3 is 0 Å². The third-order valence-electron chi connectivity index (χ3n) is 4.39. The third kappa shape index (κ3) is 3.97. The number of benzene rings is 3. The molecule has 0 saturated heterocycles. The molecule has 0 atom stereocenters. The van der Waals surface area contributed by atoms with Gasteiger partial charge in [-0.05, 0) is 47.9 Å². The minimum Gasteiger partial charge on any atom is -0.443 e. The summed E-state index contributed by atoms with van der Waals surface area (Å²) in [6.45, 7) is 0. The van der Waals surface area contributed by atoms with E-state index < -0.39 is 0 Å². The molecule has 28 heavy (non-hydrogen) atoms. The number of carbonyl (C=O) groups is 1. The Kier molecular flexibility index (Phi) is 5.22. The monoisotopic (exact) mass is 388 g/mol. The van der Waals surface area contributed by atoms with Crippen LogP contribution in [0, 0.1) is 0 Å². The van der Waals surface area contributed by atoms with Gasteiger partial charge in [-0.15, -0.1) is 0 Å². The number of oxazole rings is 1. The molecule has 0 aliphatic heterocycles. The van der Waals surface area contributed by atoms with Crippen molar-refractivity contribution in [3.8, 4) is 11.3 Å². The molecule has 1 N–H and O–H groups in total. The van der Waals surface area contributed by atoms with Gasteiger partial charge in [0.1, 0.15) is 0 Å². The molecule has 1 heterocycles. The highest BCUT2D eigenvalue weighted by molar-refractivity contribution is 6.30. The fourth-order valence-corrected chi connectivity index (χ4v) is 3.13. The molecule has 0 aliphatic carbocycles. The molecule has 138 valence electrons. The molecule has 1 aromatic heterocycles. The Balaban J connectivity index is 1.59. The highest BCUT2D eigenvalue weighted by Crippen LogP contribution is 2.26. The van der Waals surface area contributed by atoms with E-state index in [1.54, 1.807) is 24.3 Å². The van der Waals surface area contributed by atoms with Crippen molar-refractivity contribution < 1.29 is 9.21 Å². The fraction of sp³-hybridized carbons (Fsp3) is 0.0435. The van der Waals surface area contributed by atoms with Gasteiger partial charge in [-0.3, -0.25) is 4.79 Å². The van der Waals surface area contributed by atoms with E-state index in [0.29, 0.717) is 10.8 Å². The summed E-state index contributed by atoms with van der Waals surface area (Å²) in [5.74, 6) is 0.0916. The summed E-state index contributed by atoms with van der Waals surface area (Å²) in [4.78, 5) is 17.0. The van der Waals surface area contributed by atoms with Crippen LogP contribution in [0.25, 0.3) is 11.3 Å². The number of nitrogens with one attached hydrogen (secondary N) is 1. The maximum Gasteiger partial charge on any atom is 0.278 e. The summed E-state index contributed by atoms with van der Waals surface area (Å²) in [6, 6.07) is 25.0. The summed E-state index contributed by atoms with van der Waals surface area (Å²) >= 11 is 5.94. The fourth-order valence-electron chi connectivity index (χ4n) is 3.01. The van der Waals surface area contributed by atoms with Crippen LogP contribution < -0.4 is 5.32 Å². The molecule has 3 aromatic carbocycles. The van der Waals surface area contributed by atoms with Crippen molar-refractivity contribution in [2.24, 2.45) is 0 Å². The zero-order chi connectivity index (χ0) is 19.3. The first-order valence-electron chi connectivity index (χ1n) is 8.83. The Morgan fingerprint density at radius 3 is 2.43 bits per heavy atom. The van der Waals surface area contributed by atoms with E-state index in [2.05, 4.69) is 22.4 Å². The second-order valence-corrected chi connectivity index (χ2v) is 6.75. The third-order valence-corrected chi connectivity index (χ3v) is 4.64. The first kappa shape index (κ1) is 18.0. The van der Waals surface area contributed by atoms with Crippen molar-refractivity contribution in [2.75, 3.05) is 5.32 Å². The van der Waals surface area contributed by atoms with Gasteiger partial charge in [-0.25, -0.2) is 4.98 Å². The van der Waals surface area contributed by atoms with Gasteiger partial charge in [0.05, 0.1) is 0 Å². The predicted octanol–water partition coefficient (Wildman–Crippen LogP) is 5.84. The predicted molar refractivity (Wildman–Crippen MR) is 111 cm³/mol. The number of hydrogen-bond donors (Lipinski definition) is 1. The van der Waals surface area contributed by atoms with E-state index in [9.17, 15) is 4.79 Å². The van der Waals surface area contributed by atoms with E-state index >= 15 is 0 Å². The summed E-state index contributed by atoms with van der Waals surface area (Å²) in [5, 5.41) is 3.58. The first-order chi connectivity index (χ1) is 13.7. The molecule has 1 amide bonds. The van der Waals surface area contributed by atoms with Crippen LogP contribution in [0.5, 0.6) is 0 Å². The molecule has 5 heteroatoms. The molecule has 4 aromatic rings. The maximum atomic E-state index is 12.9. The number of halogens is 1. The van der Waals surface area contributed by atoms with Crippen molar-refractivity contribution in [2.45, 2.75) is 6.42 Å². The van der Waals surface area contributed by atoms with E-state index in [4.69, 9.17) is 16.0 Å². The average molecular weight is 389 g/mol. The quantitative estimate of drug-likeness (QED) is 0.467. The van der Waals surface area contributed by atoms with Crippen LogP contribution in [0.15, 0.2) is 89.7 Å². The number of aromatic nitrogens is 1. The Labute approximate surface area is 167 Å². The molecule has 0 saturated carbocycles. The minimum atomic E-state index is -0.320. The minimum absolute atomic E-state index is 0.233. The van der Waals surface area contributed by atoms with Crippen LogP contribution in [-0.4, -0.2) is 10.9 Å². The summed E-state index contributed by atoms with van der Waals surface area (Å²) < 4.78 is 5.46. The lowest BCUT2D eigenvalue weighted by Crippen LogP contribution is -2.14. The van der Waals surface area contributed by atoms with E-state index in [1.165, 1.54) is 12.0 Å². The normalized spacial score (nSPS) is 10.6. The Hall–Kier alpha value is -3.37. The lowest BCUT2D eigenvalue weighted by atomic mass is 10.0. The Morgan fingerprint density at radius 2 is 1.64 bits per heavy atom. The zero-order valence-corrected chi connectivity index (χ0v) is 15.7. The van der Waals surface area contributed by atoms with E-state index in [-0.39, 0.29) is 11.6 Å². The second-order valence-electron chi connectivity index (χ2n) is 6.31. The molecule has 0 aliphatic rings. The topological polar surface area (TPSA) is 55.1 Å². The zero-order valence-electron chi connectivity index (χ0n) is 14.9. The molecule has 4 nitrogen and oxygen atoms in total. The van der Waals surface area contributed by atoms with Gasteiger partial charge < -0.3 is 9.73 Å². The lowest BCUT2D eigenvalue weighted by Gasteiger charge is -2.11. The standard InChI is InChI=1S/C23H17ClN2O2/c24-19-12-10-17(11-13-19)22-21(25-15-28-22)23(27)26-20-9-5-4-8-18(20)14-16-6-2-1-3-7-16/h1-13,15H,14H2,(H,26,27). The molecular formula is C23H17ClN2O2. The van der Waals surface area contributed by atoms with Crippen molar-refractivity contribution in [3.63, 3.8) is 0 Å². The van der Waals surface area contributed by atoms with Crippen molar-refractivity contribution in [1.29, 1.82) is 0 Å². The van der Waals surface area contributed by atoms with E-state index in [1.807, 2.05) is 42.5 Å². The van der Waals surface area contributed by atoms with Crippen LogP contribution >= 0.6 is 11.6 Å². The number of nitrogens with zero attached hydrogens (tertiary/aromatic N) is 1. The lowest BCUT2D eigenvalue weighted by molar-refractivity contribution is 0.102. The van der Waals surface area contributed by atoms with E-state index in [0.717, 1.165) is 23.2 Å². The summed E-state index contributed by atoms with van der Waals surface area (Å²) in [5.41, 5.74) is 3.92. The van der Waals surface area contributed by atoms with Gasteiger partial charge in [0, 0.05) is 16.3 Å². The number of hydrogen-bond acceptors (Lipinski definition) is 3. The SMILES string of the molecule is O=C(Nc1ccccc1Cc1ccccc1)c1ncoc1-c1ccc(Cl)cc1. The van der Waals surface area contributed by atoms with Crippen LogP contribution in [-0.2, 0) is 6.42 Å². The van der Waals surface area contributed by atoms with Crippen LogP contribution in [0.1, 0.15) is 21.6 Å². The number of anilines is 1. The largest absolute Gasteiger partial charge is 0.443 e. The second kappa shape index (κ2) is 8.11. The molecule has 0 unspecified atom stereocenters. The highest BCUT2D eigenvalue weighted by Gasteiger charge is 2.19. The molecule has 0 radical (unpaired) electrons. The number of para-hydroxylation sites is 1. The number of rotatable bonds is 5. The molecule has 0 bridgehead atoms. The molecule has 0 fully saturated rings.